The highest BCUT2D eigenvalue weighted by atomic mass is 127. The topological polar surface area (TPSA) is 42.9 Å². The van der Waals surface area contributed by atoms with Gasteiger partial charge in [0.05, 0.1) is 6.54 Å². The lowest BCUT2D eigenvalue weighted by Crippen LogP contribution is -2.45. The highest BCUT2D eigenvalue weighted by molar-refractivity contribution is 14.0. The molecule has 0 aromatic carbocycles. The molecule has 0 spiro atoms. The van der Waals surface area contributed by atoms with Gasteiger partial charge >= 0.3 is 6.18 Å². The average Bonchev–Trinajstić information content (AvgIpc) is 2.91. The van der Waals surface area contributed by atoms with Crippen molar-refractivity contribution in [3.8, 4) is 0 Å². The number of guanidine groups is 1. The zero-order valence-corrected chi connectivity index (χ0v) is 17.2. The van der Waals surface area contributed by atoms with Crippen LogP contribution < -0.4 is 10.6 Å². The van der Waals surface area contributed by atoms with Gasteiger partial charge in [-0.05, 0) is 32.5 Å². The van der Waals surface area contributed by atoms with Crippen LogP contribution in [0, 0.1) is 0 Å². The second-order valence-electron chi connectivity index (χ2n) is 5.86. The molecule has 144 valence electrons. The first-order valence-corrected chi connectivity index (χ1v) is 8.36. The third-order valence-corrected chi connectivity index (χ3v) is 4.08. The van der Waals surface area contributed by atoms with Gasteiger partial charge in [0.2, 0.25) is 0 Å². The molecule has 1 atom stereocenters. The first-order chi connectivity index (χ1) is 10.9. The Kier molecular flexibility index (Phi) is 12.0. The highest BCUT2D eigenvalue weighted by Gasteiger charge is 2.34. The lowest BCUT2D eigenvalue weighted by Gasteiger charge is -2.21. The number of nitrogens with zero attached hydrogens (tertiary/aromatic N) is 3. The monoisotopic (exact) mass is 465 g/mol. The van der Waals surface area contributed by atoms with Gasteiger partial charge < -0.3 is 15.5 Å². The largest absolute Gasteiger partial charge is 0.401 e. The number of nitrogens with one attached hydrogen (secondary N) is 2. The van der Waals surface area contributed by atoms with E-state index < -0.39 is 12.7 Å². The van der Waals surface area contributed by atoms with E-state index in [0.29, 0.717) is 25.5 Å². The maximum Gasteiger partial charge on any atom is 0.401 e. The summed E-state index contributed by atoms with van der Waals surface area (Å²) in [7, 11) is 1.68. The summed E-state index contributed by atoms with van der Waals surface area (Å²) in [5.74, 6) is 0.670. The van der Waals surface area contributed by atoms with Gasteiger partial charge in [-0.25, -0.2) is 0 Å². The lowest BCUT2D eigenvalue weighted by molar-refractivity contribution is -0.143. The fourth-order valence-electron chi connectivity index (χ4n) is 2.78. The van der Waals surface area contributed by atoms with Crippen molar-refractivity contribution in [1.82, 2.24) is 20.4 Å². The van der Waals surface area contributed by atoms with Crippen molar-refractivity contribution in [2.75, 3.05) is 52.9 Å². The van der Waals surface area contributed by atoms with E-state index in [2.05, 4.69) is 34.4 Å². The van der Waals surface area contributed by atoms with Crippen LogP contribution in [0.1, 0.15) is 26.7 Å². The molecule has 0 radical (unpaired) electrons. The molecule has 1 aliphatic heterocycles. The molecule has 1 saturated heterocycles. The highest BCUT2D eigenvalue weighted by Crippen LogP contribution is 2.19. The third-order valence-electron chi connectivity index (χ3n) is 4.08. The summed E-state index contributed by atoms with van der Waals surface area (Å²) in [5, 5.41) is 6.45. The average molecular weight is 465 g/mol. The molecule has 0 aliphatic carbocycles. The van der Waals surface area contributed by atoms with Gasteiger partial charge in [0, 0.05) is 32.7 Å². The molecule has 0 bridgehead atoms. The predicted molar refractivity (Wildman–Crippen MR) is 103 cm³/mol. The van der Waals surface area contributed by atoms with Crippen LogP contribution in [-0.4, -0.2) is 80.8 Å². The quantitative estimate of drug-likeness (QED) is 0.250. The normalized spacial score (nSPS) is 19.5. The minimum atomic E-state index is -4.13. The molecule has 0 amide bonds. The van der Waals surface area contributed by atoms with Gasteiger partial charge in [-0.15, -0.1) is 24.0 Å². The first-order valence-electron chi connectivity index (χ1n) is 8.36. The second-order valence-corrected chi connectivity index (χ2v) is 5.86. The van der Waals surface area contributed by atoms with E-state index in [4.69, 9.17) is 0 Å². The van der Waals surface area contributed by atoms with Gasteiger partial charge in [-0.1, -0.05) is 13.8 Å². The van der Waals surface area contributed by atoms with E-state index in [1.54, 1.807) is 7.05 Å². The number of hydrogen-bond donors (Lipinski definition) is 2. The first kappa shape index (κ1) is 23.7. The number of hydrogen-bond acceptors (Lipinski definition) is 3. The van der Waals surface area contributed by atoms with Gasteiger partial charge in [0.15, 0.2) is 5.96 Å². The minimum Gasteiger partial charge on any atom is -0.356 e. The molecule has 1 unspecified atom stereocenters. The summed E-state index contributed by atoms with van der Waals surface area (Å²) in [6.07, 6.45) is -2.41. The molecular formula is C15H31F3IN5. The zero-order chi connectivity index (χ0) is 17.3. The van der Waals surface area contributed by atoms with Crippen molar-refractivity contribution in [1.29, 1.82) is 0 Å². The van der Waals surface area contributed by atoms with Gasteiger partial charge in [0.25, 0.3) is 0 Å². The Morgan fingerprint density at radius 3 is 2.50 bits per heavy atom. The Labute approximate surface area is 160 Å². The van der Waals surface area contributed by atoms with E-state index in [1.807, 2.05) is 0 Å². The lowest BCUT2D eigenvalue weighted by atomic mass is 10.3. The number of likely N-dealkylation sites (tertiary alicyclic amines) is 1. The van der Waals surface area contributed by atoms with Crippen LogP contribution >= 0.6 is 24.0 Å². The number of rotatable bonds is 8. The maximum atomic E-state index is 12.4. The predicted octanol–water partition coefficient (Wildman–Crippen LogP) is 2.14. The Balaban J connectivity index is 0.00000529. The Bertz CT molecular complexity index is 362. The van der Waals surface area contributed by atoms with Crippen molar-refractivity contribution in [3.63, 3.8) is 0 Å². The summed E-state index contributed by atoms with van der Waals surface area (Å²) in [6.45, 7) is 8.24. The third kappa shape index (κ3) is 9.87. The van der Waals surface area contributed by atoms with Crippen LogP contribution in [0.25, 0.3) is 0 Å². The summed E-state index contributed by atoms with van der Waals surface area (Å²) < 4.78 is 37.2. The Hall–Kier alpha value is -0.290. The van der Waals surface area contributed by atoms with Crippen LogP contribution in [0.4, 0.5) is 13.2 Å². The van der Waals surface area contributed by atoms with E-state index in [9.17, 15) is 13.2 Å². The molecular weight excluding hydrogens is 434 g/mol. The van der Waals surface area contributed by atoms with Gasteiger partial charge in [-0.2, -0.15) is 13.2 Å². The van der Waals surface area contributed by atoms with E-state index in [1.165, 1.54) is 4.90 Å². The molecule has 0 aromatic heterocycles. The fourth-order valence-corrected chi connectivity index (χ4v) is 2.78. The summed E-state index contributed by atoms with van der Waals surface area (Å²) >= 11 is 0. The second kappa shape index (κ2) is 12.1. The van der Waals surface area contributed by atoms with Crippen molar-refractivity contribution >= 4 is 29.9 Å². The molecule has 24 heavy (non-hydrogen) atoms. The zero-order valence-electron chi connectivity index (χ0n) is 14.8. The molecule has 2 N–H and O–H groups in total. The summed E-state index contributed by atoms with van der Waals surface area (Å²) in [5.41, 5.74) is 0. The van der Waals surface area contributed by atoms with Crippen molar-refractivity contribution in [3.05, 3.63) is 0 Å². The fraction of sp³-hybridized carbons (Fsp3) is 0.933. The van der Waals surface area contributed by atoms with Crippen LogP contribution in [-0.2, 0) is 0 Å². The number of aliphatic imine (C=N–C) groups is 1. The Morgan fingerprint density at radius 2 is 1.96 bits per heavy atom. The van der Waals surface area contributed by atoms with Crippen LogP contribution in [0.5, 0.6) is 0 Å². The smallest absolute Gasteiger partial charge is 0.356 e. The standard InChI is InChI=1S/C15H30F3N5.HI/c1-4-22(5-2)9-6-8-20-14(19-3)21-13-7-10-23(11-13)12-15(16,17)18;/h13H,4-12H2,1-3H3,(H2,19,20,21);1H. The van der Waals surface area contributed by atoms with Crippen LogP contribution in [0.2, 0.25) is 0 Å². The van der Waals surface area contributed by atoms with Gasteiger partial charge in [-0.3, -0.25) is 9.89 Å². The minimum absolute atomic E-state index is 0. The van der Waals surface area contributed by atoms with E-state index >= 15 is 0 Å². The summed E-state index contributed by atoms with van der Waals surface area (Å²) in [4.78, 5) is 7.94. The van der Waals surface area contributed by atoms with E-state index in [-0.39, 0.29) is 30.0 Å². The molecule has 1 heterocycles. The van der Waals surface area contributed by atoms with Crippen molar-refractivity contribution in [2.24, 2.45) is 4.99 Å². The van der Waals surface area contributed by atoms with Crippen molar-refractivity contribution < 1.29 is 13.2 Å². The molecule has 9 heteroatoms. The molecule has 5 nitrogen and oxygen atoms in total. The van der Waals surface area contributed by atoms with Crippen molar-refractivity contribution in [2.45, 2.75) is 38.9 Å². The maximum absolute atomic E-state index is 12.4. The summed E-state index contributed by atoms with van der Waals surface area (Å²) in [6, 6.07) is 0.0198. The van der Waals surface area contributed by atoms with Crippen LogP contribution in [0.3, 0.4) is 0 Å². The molecule has 1 rings (SSSR count). The number of alkyl halides is 3. The number of halogens is 4. The molecule has 0 saturated carbocycles. The molecule has 1 aliphatic rings. The molecule has 1 fully saturated rings. The SMILES string of the molecule is CCN(CC)CCCNC(=NC)NC1CCN(CC(F)(F)F)C1.I. The van der Waals surface area contributed by atoms with Gasteiger partial charge in [0.1, 0.15) is 0 Å². The molecule has 0 aromatic rings. The van der Waals surface area contributed by atoms with E-state index in [0.717, 1.165) is 32.6 Å². The Morgan fingerprint density at radius 1 is 1.29 bits per heavy atom. The van der Waals surface area contributed by atoms with Crippen LogP contribution in [0.15, 0.2) is 4.99 Å².